The third kappa shape index (κ3) is 5.93. The Balaban J connectivity index is 1.26. The molecule has 0 radical (unpaired) electrons. The summed E-state index contributed by atoms with van der Waals surface area (Å²) in [5.74, 6) is 0.415. The molecule has 206 valence electrons. The van der Waals surface area contributed by atoms with Crippen molar-refractivity contribution in [3.63, 3.8) is 0 Å². The van der Waals surface area contributed by atoms with Crippen LogP contribution in [0.5, 0.6) is 0 Å². The first kappa shape index (κ1) is 27.9. The number of likely N-dealkylation sites (N-methyl/N-ethyl adjacent to an activating group) is 1. The third-order valence-corrected chi connectivity index (χ3v) is 10.7. The SMILES string of the molecule is Cc1cc(C)cc(C(=O)N(C)C[C@@H](CCN2CCC3(CC2)CS(=O)(=O)c2ccccc23)c2ccc(Cl)cc2)c1. The second-order valence-electron chi connectivity index (χ2n) is 11.5. The molecule has 5 nitrogen and oxygen atoms in total. The summed E-state index contributed by atoms with van der Waals surface area (Å²) >= 11 is 6.18. The van der Waals surface area contributed by atoms with Gasteiger partial charge in [-0.2, -0.15) is 0 Å². The lowest BCUT2D eigenvalue weighted by Crippen LogP contribution is -2.44. The molecule has 7 heteroatoms. The van der Waals surface area contributed by atoms with E-state index in [1.54, 1.807) is 6.07 Å². The Morgan fingerprint density at radius 3 is 2.31 bits per heavy atom. The molecule has 1 spiro atoms. The summed E-state index contributed by atoms with van der Waals surface area (Å²) in [5.41, 5.74) is 4.81. The van der Waals surface area contributed by atoms with E-state index in [9.17, 15) is 13.2 Å². The van der Waals surface area contributed by atoms with Gasteiger partial charge in [0, 0.05) is 35.5 Å². The van der Waals surface area contributed by atoms with Gasteiger partial charge < -0.3 is 9.80 Å². The minimum Gasteiger partial charge on any atom is -0.341 e. The number of carbonyl (C=O) groups is 1. The predicted octanol–water partition coefficient (Wildman–Crippen LogP) is 6.02. The zero-order valence-electron chi connectivity index (χ0n) is 23.0. The number of carbonyl (C=O) groups excluding carboxylic acids is 1. The lowest BCUT2D eigenvalue weighted by atomic mass is 9.74. The van der Waals surface area contributed by atoms with E-state index in [0.29, 0.717) is 16.5 Å². The number of amides is 1. The van der Waals surface area contributed by atoms with Crippen molar-refractivity contribution in [3.8, 4) is 0 Å². The Morgan fingerprint density at radius 1 is 1.00 bits per heavy atom. The highest BCUT2D eigenvalue weighted by Gasteiger charge is 2.48. The number of piperidine rings is 1. The van der Waals surface area contributed by atoms with Crippen molar-refractivity contribution >= 4 is 27.3 Å². The molecule has 2 aliphatic rings. The van der Waals surface area contributed by atoms with E-state index in [1.165, 1.54) is 5.56 Å². The summed E-state index contributed by atoms with van der Waals surface area (Å²) in [4.78, 5) is 18.1. The molecule has 1 saturated heterocycles. The van der Waals surface area contributed by atoms with Gasteiger partial charge >= 0.3 is 0 Å². The lowest BCUT2D eigenvalue weighted by Gasteiger charge is -2.40. The molecular formula is C32H37ClN2O3S. The minimum atomic E-state index is -3.21. The first-order valence-electron chi connectivity index (χ1n) is 13.7. The summed E-state index contributed by atoms with van der Waals surface area (Å²) in [5, 5.41) is 0.699. The molecule has 1 amide bonds. The lowest BCUT2D eigenvalue weighted by molar-refractivity contribution is 0.0780. The van der Waals surface area contributed by atoms with E-state index in [0.717, 1.165) is 61.2 Å². The summed E-state index contributed by atoms with van der Waals surface area (Å²) in [7, 11) is -1.33. The van der Waals surface area contributed by atoms with Crippen LogP contribution in [0.15, 0.2) is 71.6 Å². The van der Waals surface area contributed by atoms with Crippen LogP contribution in [-0.4, -0.2) is 63.1 Å². The molecule has 3 aromatic carbocycles. The van der Waals surface area contributed by atoms with Crippen molar-refractivity contribution in [2.45, 2.75) is 49.3 Å². The quantitative estimate of drug-likeness (QED) is 0.352. The zero-order chi connectivity index (χ0) is 27.8. The number of hydrogen-bond acceptors (Lipinski definition) is 4. The Labute approximate surface area is 237 Å². The van der Waals surface area contributed by atoms with Gasteiger partial charge in [-0.15, -0.1) is 0 Å². The highest BCUT2D eigenvalue weighted by molar-refractivity contribution is 7.91. The molecule has 3 aromatic rings. The predicted molar refractivity (Wildman–Crippen MR) is 158 cm³/mol. The van der Waals surface area contributed by atoms with Crippen molar-refractivity contribution in [1.82, 2.24) is 9.80 Å². The molecule has 39 heavy (non-hydrogen) atoms. The molecular weight excluding hydrogens is 528 g/mol. The van der Waals surface area contributed by atoms with Gasteiger partial charge in [-0.05, 0) is 94.2 Å². The molecule has 2 aliphatic heterocycles. The number of aryl methyl sites for hydroxylation is 2. The van der Waals surface area contributed by atoms with Crippen LogP contribution < -0.4 is 0 Å². The molecule has 2 heterocycles. The van der Waals surface area contributed by atoms with Crippen LogP contribution in [-0.2, 0) is 15.3 Å². The van der Waals surface area contributed by atoms with Crippen LogP contribution in [0.4, 0.5) is 0 Å². The fourth-order valence-electron chi connectivity index (χ4n) is 6.48. The van der Waals surface area contributed by atoms with Gasteiger partial charge in [0.15, 0.2) is 9.84 Å². The summed E-state index contributed by atoms with van der Waals surface area (Å²) in [6.45, 7) is 7.27. The Kier molecular flexibility index (Phi) is 7.91. The van der Waals surface area contributed by atoms with Crippen LogP contribution in [0.3, 0.4) is 0 Å². The fraction of sp³-hybridized carbons (Fsp3) is 0.406. The highest BCUT2D eigenvalue weighted by Crippen LogP contribution is 2.46. The molecule has 5 rings (SSSR count). The van der Waals surface area contributed by atoms with E-state index in [2.05, 4.69) is 23.1 Å². The van der Waals surface area contributed by atoms with E-state index in [4.69, 9.17) is 11.6 Å². The third-order valence-electron chi connectivity index (χ3n) is 8.52. The number of likely N-dealkylation sites (tertiary alicyclic amines) is 1. The highest BCUT2D eigenvalue weighted by atomic mass is 35.5. The van der Waals surface area contributed by atoms with Crippen molar-refractivity contribution in [1.29, 1.82) is 0 Å². The van der Waals surface area contributed by atoms with Crippen LogP contribution in [0, 0.1) is 13.8 Å². The van der Waals surface area contributed by atoms with E-state index in [-0.39, 0.29) is 23.0 Å². The van der Waals surface area contributed by atoms with Crippen molar-refractivity contribution in [2.75, 3.05) is 39.0 Å². The molecule has 1 atom stereocenters. The van der Waals surface area contributed by atoms with Gasteiger partial charge in [0.05, 0.1) is 10.6 Å². The van der Waals surface area contributed by atoms with Crippen LogP contribution in [0.1, 0.15) is 57.8 Å². The molecule has 0 unspecified atom stereocenters. The molecule has 1 fully saturated rings. The number of rotatable bonds is 7. The summed E-state index contributed by atoms with van der Waals surface area (Å²) < 4.78 is 25.7. The second kappa shape index (κ2) is 11.1. The fourth-order valence-corrected chi connectivity index (χ4v) is 8.84. The van der Waals surface area contributed by atoms with Crippen molar-refractivity contribution < 1.29 is 13.2 Å². The van der Waals surface area contributed by atoms with Crippen LogP contribution in [0.2, 0.25) is 5.02 Å². The van der Waals surface area contributed by atoms with Crippen LogP contribution >= 0.6 is 11.6 Å². The van der Waals surface area contributed by atoms with Gasteiger partial charge in [0.2, 0.25) is 0 Å². The number of nitrogens with zero attached hydrogens (tertiary/aromatic N) is 2. The first-order valence-corrected chi connectivity index (χ1v) is 15.7. The average Bonchev–Trinajstić information content (AvgIpc) is 3.13. The normalized spacial score (nSPS) is 18.6. The topological polar surface area (TPSA) is 57.7 Å². The smallest absolute Gasteiger partial charge is 0.253 e. The van der Waals surface area contributed by atoms with Gasteiger partial charge in [0.1, 0.15) is 0 Å². The Morgan fingerprint density at radius 2 is 1.64 bits per heavy atom. The van der Waals surface area contributed by atoms with Gasteiger partial charge in [0.25, 0.3) is 5.91 Å². The van der Waals surface area contributed by atoms with Gasteiger partial charge in [-0.25, -0.2) is 8.42 Å². The molecule has 0 saturated carbocycles. The second-order valence-corrected chi connectivity index (χ2v) is 13.9. The maximum atomic E-state index is 13.3. The van der Waals surface area contributed by atoms with Crippen molar-refractivity contribution in [2.24, 2.45) is 0 Å². The molecule has 0 N–H and O–H groups in total. The Bertz CT molecular complexity index is 1440. The van der Waals surface area contributed by atoms with Crippen molar-refractivity contribution in [3.05, 3.63) is 99.6 Å². The van der Waals surface area contributed by atoms with E-state index < -0.39 is 9.84 Å². The number of hydrogen-bond donors (Lipinski definition) is 0. The van der Waals surface area contributed by atoms with E-state index in [1.807, 2.05) is 68.3 Å². The van der Waals surface area contributed by atoms with Gasteiger partial charge in [-0.1, -0.05) is 59.1 Å². The molecule has 0 aliphatic carbocycles. The van der Waals surface area contributed by atoms with Crippen LogP contribution in [0.25, 0.3) is 0 Å². The monoisotopic (exact) mass is 564 g/mol. The number of fused-ring (bicyclic) bond motifs is 2. The number of benzene rings is 3. The Hall–Kier alpha value is -2.67. The van der Waals surface area contributed by atoms with Gasteiger partial charge in [-0.3, -0.25) is 4.79 Å². The maximum Gasteiger partial charge on any atom is 0.253 e. The maximum absolute atomic E-state index is 13.3. The summed E-state index contributed by atoms with van der Waals surface area (Å²) in [6, 6.07) is 21.5. The summed E-state index contributed by atoms with van der Waals surface area (Å²) in [6.07, 6.45) is 2.59. The number of halogens is 1. The standard InChI is InChI=1S/C32H37ClN2O3S/c1-23-18-24(2)20-27(19-23)31(36)34(3)21-26(25-8-10-28(33)11-9-25)12-15-35-16-13-32(14-17-35)22-39(37,38)30-7-5-4-6-29(30)32/h4-11,18-20,26H,12-17,21-22H2,1-3H3/t26-/m1/s1. The number of sulfone groups is 1. The largest absolute Gasteiger partial charge is 0.341 e. The zero-order valence-corrected chi connectivity index (χ0v) is 24.6. The molecule has 0 bridgehead atoms. The first-order chi connectivity index (χ1) is 18.6. The van der Waals surface area contributed by atoms with E-state index >= 15 is 0 Å². The average molecular weight is 565 g/mol. The molecule has 0 aromatic heterocycles. The minimum absolute atomic E-state index is 0.0294.